The standard InChI is InChI=1S/C19H25FN2O5/c1-3-5-10-21(13-18(24)26-4-2)11-16(23)17-12-22(19(25)27-17)15-8-6-14(20)7-9-15/h5-10,16-17,23H,3-4,11-13H2,1-2H3/b10-5+. The van der Waals surface area contributed by atoms with E-state index < -0.39 is 30.1 Å². The lowest BCUT2D eigenvalue weighted by atomic mass is 10.2. The zero-order valence-electron chi connectivity index (χ0n) is 15.5. The van der Waals surface area contributed by atoms with Crippen molar-refractivity contribution in [2.24, 2.45) is 0 Å². The number of hydrogen-bond donors (Lipinski definition) is 1. The maximum Gasteiger partial charge on any atom is 0.414 e. The number of amides is 1. The number of ether oxygens (including phenoxy) is 2. The molecule has 1 fully saturated rings. The van der Waals surface area contributed by atoms with Crippen molar-refractivity contribution in [2.75, 3.05) is 31.1 Å². The average Bonchev–Trinajstić information content (AvgIpc) is 3.02. The van der Waals surface area contributed by atoms with Crippen LogP contribution in [-0.4, -0.2) is 60.5 Å². The van der Waals surface area contributed by atoms with Gasteiger partial charge in [0.05, 0.1) is 13.2 Å². The Morgan fingerprint density at radius 1 is 1.44 bits per heavy atom. The largest absolute Gasteiger partial charge is 0.465 e. The second kappa shape index (κ2) is 9.91. The number of halogens is 1. The van der Waals surface area contributed by atoms with Gasteiger partial charge in [0.25, 0.3) is 0 Å². The van der Waals surface area contributed by atoms with Gasteiger partial charge in [0, 0.05) is 12.2 Å². The van der Waals surface area contributed by atoms with Gasteiger partial charge in [-0.2, -0.15) is 0 Å². The van der Waals surface area contributed by atoms with E-state index in [0.29, 0.717) is 5.69 Å². The molecule has 7 nitrogen and oxygen atoms in total. The molecule has 2 unspecified atom stereocenters. The zero-order valence-corrected chi connectivity index (χ0v) is 15.5. The van der Waals surface area contributed by atoms with Crippen molar-refractivity contribution >= 4 is 17.7 Å². The molecule has 0 aromatic heterocycles. The fourth-order valence-corrected chi connectivity index (χ4v) is 2.68. The van der Waals surface area contributed by atoms with Crippen LogP contribution in [-0.2, 0) is 14.3 Å². The van der Waals surface area contributed by atoms with Crippen LogP contribution in [0.1, 0.15) is 20.3 Å². The fourth-order valence-electron chi connectivity index (χ4n) is 2.68. The Bertz CT molecular complexity index is 665. The van der Waals surface area contributed by atoms with Gasteiger partial charge in [-0.05, 0) is 43.8 Å². The van der Waals surface area contributed by atoms with Crippen LogP contribution in [0.25, 0.3) is 0 Å². The van der Waals surface area contributed by atoms with Crippen molar-refractivity contribution in [1.29, 1.82) is 0 Å². The molecular formula is C19H25FN2O5. The Balaban J connectivity index is 1.99. The van der Waals surface area contributed by atoms with Crippen molar-refractivity contribution in [3.63, 3.8) is 0 Å². The number of carbonyl (C=O) groups excluding carboxylic acids is 2. The first kappa shape index (κ1) is 20.7. The summed E-state index contributed by atoms with van der Waals surface area (Å²) in [5, 5.41) is 10.5. The number of aliphatic hydroxyl groups excluding tert-OH is 1. The van der Waals surface area contributed by atoms with E-state index in [2.05, 4.69) is 0 Å². The van der Waals surface area contributed by atoms with Gasteiger partial charge in [0.2, 0.25) is 0 Å². The van der Waals surface area contributed by atoms with Crippen LogP contribution in [0.2, 0.25) is 0 Å². The molecule has 1 heterocycles. The third-order valence-electron chi connectivity index (χ3n) is 4.01. The minimum atomic E-state index is -1.00. The quantitative estimate of drug-likeness (QED) is 0.663. The first-order valence-corrected chi connectivity index (χ1v) is 8.92. The Kier molecular flexibility index (Phi) is 7.60. The molecule has 8 heteroatoms. The molecule has 0 radical (unpaired) electrons. The predicted octanol–water partition coefficient (Wildman–Crippen LogP) is 2.30. The number of nitrogens with zero attached hydrogens (tertiary/aromatic N) is 2. The Hall–Kier alpha value is -2.61. The van der Waals surface area contributed by atoms with Gasteiger partial charge in [-0.1, -0.05) is 13.0 Å². The van der Waals surface area contributed by atoms with Crippen molar-refractivity contribution in [3.8, 4) is 0 Å². The third kappa shape index (κ3) is 5.96. The van der Waals surface area contributed by atoms with Crippen molar-refractivity contribution in [1.82, 2.24) is 4.90 Å². The van der Waals surface area contributed by atoms with Crippen LogP contribution in [0, 0.1) is 5.82 Å². The predicted molar refractivity (Wildman–Crippen MR) is 97.7 cm³/mol. The number of benzene rings is 1. The molecule has 1 N–H and O–H groups in total. The summed E-state index contributed by atoms with van der Waals surface area (Å²) in [5.41, 5.74) is 0.491. The lowest BCUT2D eigenvalue weighted by molar-refractivity contribution is -0.144. The van der Waals surface area contributed by atoms with Crippen LogP contribution in [0.3, 0.4) is 0 Å². The molecule has 0 bridgehead atoms. The lowest BCUT2D eigenvalue weighted by Gasteiger charge is -2.25. The Morgan fingerprint density at radius 2 is 2.15 bits per heavy atom. The van der Waals surface area contributed by atoms with E-state index >= 15 is 0 Å². The van der Waals surface area contributed by atoms with Crippen LogP contribution in [0.5, 0.6) is 0 Å². The molecule has 0 spiro atoms. The second-order valence-corrected chi connectivity index (χ2v) is 6.10. The number of cyclic esters (lactones) is 1. The van der Waals surface area contributed by atoms with E-state index in [9.17, 15) is 19.1 Å². The second-order valence-electron chi connectivity index (χ2n) is 6.10. The molecule has 27 heavy (non-hydrogen) atoms. The normalized spacial score (nSPS) is 17.9. The van der Waals surface area contributed by atoms with Crippen LogP contribution in [0.15, 0.2) is 36.5 Å². The van der Waals surface area contributed by atoms with Crippen molar-refractivity contribution in [2.45, 2.75) is 32.5 Å². The number of aliphatic hydroxyl groups is 1. The Morgan fingerprint density at radius 3 is 2.78 bits per heavy atom. The summed E-state index contributed by atoms with van der Waals surface area (Å²) in [6.07, 6.45) is 1.97. The molecule has 1 saturated heterocycles. The summed E-state index contributed by atoms with van der Waals surface area (Å²) < 4.78 is 23.3. The maximum absolute atomic E-state index is 13.1. The molecule has 2 atom stereocenters. The monoisotopic (exact) mass is 380 g/mol. The number of allylic oxidation sites excluding steroid dienone is 1. The SMILES string of the molecule is CC/C=C/N(CC(=O)OCC)CC(O)C1CN(c2ccc(F)cc2)C(=O)O1. The van der Waals surface area contributed by atoms with Gasteiger partial charge < -0.3 is 19.5 Å². The lowest BCUT2D eigenvalue weighted by Crippen LogP contribution is -2.41. The van der Waals surface area contributed by atoms with Gasteiger partial charge in [-0.25, -0.2) is 9.18 Å². The first-order valence-electron chi connectivity index (χ1n) is 8.92. The summed E-state index contributed by atoms with van der Waals surface area (Å²) in [7, 11) is 0. The van der Waals surface area contributed by atoms with Crippen LogP contribution < -0.4 is 4.90 Å². The highest BCUT2D eigenvalue weighted by Crippen LogP contribution is 2.23. The first-order chi connectivity index (χ1) is 12.9. The van der Waals surface area contributed by atoms with Gasteiger partial charge >= 0.3 is 12.1 Å². The summed E-state index contributed by atoms with van der Waals surface area (Å²) in [6, 6.07) is 5.46. The number of rotatable bonds is 9. The van der Waals surface area contributed by atoms with E-state index in [0.717, 1.165) is 6.42 Å². The minimum Gasteiger partial charge on any atom is -0.465 e. The third-order valence-corrected chi connectivity index (χ3v) is 4.01. The summed E-state index contributed by atoms with van der Waals surface area (Å²) in [4.78, 5) is 26.8. The number of hydrogen-bond acceptors (Lipinski definition) is 6. The van der Waals surface area contributed by atoms with Crippen molar-refractivity contribution in [3.05, 3.63) is 42.4 Å². The van der Waals surface area contributed by atoms with E-state index in [4.69, 9.17) is 9.47 Å². The van der Waals surface area contributed by atoms with E-state index in [-0.39, 0.29) is 26.2 Å². The van der Waals surface area contributed by atoms with Crippen molar-refractivity contribution < 1.29 is 28.6 Å². The zero-order chi connectivity index (χ0) is 19.8. The van der Waals surface area contributed by atoms with Gasteiger partial charge in [0.15, 0.2) is 0 Å². The van der Waals surface area contributed by atoms with Gasteiger partial charge in [0.1, 0.15) is 24.6 Å². The van der Waals surface area contributed by atoms with Crippen LogP contribution >= 0.6 is 0 Å². The Labute approximate surface area is 158 Å². The molecule has 1 aliphatic rings. The molecular weight excluding hydrogens is 355 g/mol. The van der Waals surface area contributed by atoms with E-state index in [1.165, 1.54) is 29.2 Å². The molecule has 0 aliphatic carbocycles. The molecule has 0 saturated carbocycles. The molecule has 1 aromatic carbocycles. The number of esters is 1. The fraction of sp³-hybridized carbons (Fsp3) is 0.474. The topological polar surface area (TPSA) is 79.3 Å². The highest BCUT2D eigenvalue weighted by molar-refractivity contribution is 5.89. The number of anilines is 1. The maximum atomic E-state index is 13.1. The number of carbonyl (C=O) groups is 2. The highest BCUT2D eigenvalue weighted by Gasteiger charge is 2.37. The molecule has 148 valence electrons. The minimum absolute atomic E-state index is 0.0102. The summed E-state index contributed by atoms with van der Waals surface area (Å²) in [5.74, 6) is -0.804. The molecule has 2 rings (SSSR count). The van der Waals surface area contributed by atoms with E-state index in [1.54, 1.807) is 18.0 Å². The highest BCUT2D eigenvalue weighted by atomic mass is 19.1. The smallest absolute Gasteiger partial charge is 0.414 e. The van der Waals surface area contributed by atoms with Gasteiger partial charge in [-0.15, -0.1) is 0 Å². The summed E-state index contributed by atoms with van der Waals surface area (Å²) >= 11 is 0. The average molecular weight is 380 g/mol. The van der Waals surface area contributed by atoms with Gasteiger partial charge in [-0.3, -0.25) is 9.69 Å². The van der Waals surface area contributed by atoms with Crippen LogP contribution in [0.4, 0.5) is 14.9 Å². The van der Waals surface area contributed by atoms with E-state index in [1.807, 2.05) is 13.0 Å². The summed E-state index contributed by atoms with van der Waals surface area (Å²) in [6.45, 7) is 4.18. The molecule has 1 aliphatic heterocycles. The molecule has 1 aromatic rings. The molecule has 1 amide bonds.